The van der Waals surface area contributed by atoms with Gasteiger partial charge in [-0.15, -0.1) is 0 Å². The first-order valence-corrected chi connectivity index (χ1v) is 6.08. The van der Waals surface area contributed by atoms with Crippen molar-refractivity contribution in [3.8, 4) is 0 Å². The number of halogens is 5. The van der Waals surface area contributed by atoms with Crippen LogP contribution in [0.1, 0.15) is 12.5 Å². The Bertz CT molecular complexity index is 774. The van der Waals surface area contributed by atoms with E-state index in [0.717, 1.165) is 17.8 Å². The van der Waals surface area contributed by atoms with Gasteiger partial charge >= 0.3 is 0 Å². The second-order valence-corrected chi connectivity index (χ2v) is 4.46. The number of aromatic nitrogens is 2. The Morgan fingerprint density at radius 1 is 1.04 bits per heavy atom. The molecule has 0 unspecified atom stereocenters. The predicted octanol–water partition coefficient (Wildman–Crippen LogP) is 2.15. The molecule has 0 bridgehead atoms. The maximum absolute atomic E-state index is 13.5. The molecular formula is C13H8F5N3O2. The van der Waals surface area contributed by atoms with Crippen molar-refractivity contribution in [3.05, 3.63) is 46.9 Å². The maximum atomic E-state index is 13.5. The van der Waals surface area contributed by atoms with Gasteiger partial charge in [-0.3, -0.25) is 14.3 Å². The fourth-order valence-electron chi connectivity index (χ4n) is 1.67. The van der Waals surface area contributed by atoms with Crippen molar-refractivity contribution in [2.75, 3.05) is 5.32 Å². The Morgan fingerprint density at radius 2 is 1.57 bits per heavy atom. The van der Waals surface area contributed by atoms with Crippen LogP contribution in [0.15, 0.2) is 12.3 Å². The Hall–Kier alpha value is -2.78. The zero-order chi connectivity index (χ0) is 17.3. The van der Waals surface area contributed by atoms with Gasteiger partial charge in [-0.25, -0.2) is 22.0 Å². The lowest BCUT2D eigenvalue weighted by atomic mass is 10.1. The van der Waals surface area contributed by atoms with Gasteiger partial charge in [-0.2, -0.15) is 5.10 Å². The summed E-state index contributed by atoms with van der Waals surface area (Å²) in [5.41, 5.74) is -1.08. The standard InChI is InChI=1S/C13H8F5N3O2/c1-5(22)13(23)19-7-2-3-21(20-7)4-6-8(14)10(16)12(18)11(17)9(6)15/h2-3H,4H2,1H3,(H,19,20,23). The van der Waals surface area contributed by atoms with Crippen LogP contribution in [0.3, 0.4) is 0 Å². The number of Topliss-reactive ketones (excluding diaryl/α,β-unsaturated/α-hetero) is 1. The molecule has 0 aliphatic rings. The van der Waals surface area contributed by atoms with Gasteiger partial charge in [0, 0.05) is 19.2 Å². The van der Waals surface area contributed by atoms with Crippen LogP contribution in [0.5, 0.6) is 0 Å². The van der Waals surface area contributed by atoms with Crippen molar-refractivity contribution in [2.45, 2.75) is 13.5 Å². The second kappa shape index (κ2) is 6.15. The molecule has 0 radical (unpaired) electrons. The number of amides is 1. The summed E-state index contributed by atoms with van der Waals surface area (Å²) in [6, 6.07) is 1.19. The minimum atomic E-state index is -2.25. The van der Waals surface area contributed by atoms with E-state index < -0.39 is 52.9 Å². The lowest BCUT2D eigenvalue weighted by molar-refractivity contribution is -0.133. The number of nitrogens with one attached hydrogen (secondary N) is 1. The zero-order valence-electron chi connectivity index (χ0n) is 11.5. The molecule has 1 heterocycles. The molecule has 1 aromatic carbocycles. The number of benzene rings is 1. The Labute approximate surface area is 125 Å². The van der Waals surface area contributed by atoms with Crippen molar-refractivity contribution in [3.63, 3.8) is 0 Å². The number of hydrogen-bond acceptors (Lipinski definition) is 3. The van der Waals surface area contributed by atoms with Crippen LogP contribution in [-0.2, 0) is 16.1 Å². The van der Waals surface area contributed by atoms with Crippen LogP contribution < -0.4 is 5.32 Å². The molecule has 1 N–H and O–H groups in total. The third-order valence-electron chi connectivity index (χ3n) is 2.82. The van der Waals surface area contributed by atoms with Crippen molar-refractivity contribution in [1.29, 1.82) is 0 Å². The van der Waals surface area contributed by atoms with Gasteiger partial charge in [0.15, 0.2) is 29.1 Å². The van der Waals surface area contributed by atoms with E-state index in [2.05, 4.69) is 10.4 Å². The summed E-state index contributed by atoms with van der Waals surface area (Å²) in [6.07, 6.45) is 1.13. The highest BCUT2D eigenvalue weighted by Gasteiger charge is 2.25. The summed E-state index contributed by atoms with van der Waals surface area (Å²) < 4.78 is 67.0. The first-order valence-electron chi connectivity index (χ1n) is 6.08. The van der Waals surface area contributed by atoms with Crippen LogP contribution >= 0.6 is 0 Å². The molecule has 5 nitrogen and oxygen atoms in total. The third kappa shape index (κ3) is 3.20. The van der Waals surface area contributed by atoms with E-state index in [9.17, 15) is 31.5 Å². The van der Waals surface area contributed by atoms with Crippen molar-refractivity contribution < 1.29 is 31.5 Å². The van der Waals surface area contributed by atoms with Crippen molar-refractivity contribution >= 4 is 17.5 Å². The van der Waals surface area contributed by atoms with Crippen LogP contribution in [0.4, 0.5) is 27.8 Å². The van der Waals surface area contributed by atoms with Gasteiger partial charge in [0.2, 0.25) is 11.6 Å². The number of anilines is 1. The molecule has 23 heavy (non-hydrogen) atoms. The normalized spacial score (nSPS) is 10.7. The molecular weight excluding hydrogens is 325 g/mol. The number of ketones is 1. The Balaban J connectivity index is 2.29. The van der Waals surface area contributed by atoms with E-state index in [-0.39, 0.29) is 5.82 Å². The van der Waals surface area contributed by atoms with E-state index in [0.29, 0.717) is 0 Å². The molecule has 1 aromatic heterocycles. The first-order chi connectivity index (χ1) is 10.7. The van der Waals surface area contributed by atoms with Crippen LogP contribution in [0, 0.1) is 29.1 Å². The van der Waals surface area contributed by atoms with E-state index in [1.165, 1.54) is 6.07 Å². The molecule has 0 spiro atoms. The van der Waals surface area contributed by atoms with E-state index in [1.807, 2.05) is 0 Å². The average molecular weight is 333 g/mol. The summed E-state index contributed by atoms with van der Waals surface area (Å²) in [7, 11) is 0. The SMILES string of the molecule is CC(=O)C(=O)Nc1ccn(Cc2c(F)c(F)c(F)c(F)c2F)n1. The summed E-state index contributed by atoms with van der Waals surface area (Å²) in [5.74, 6) is -12.2. The number of rotatable bonds is 4. The largest absolute Gasteiger partial charge is 0.303 e. The maximum Gasteiger partial charge on any atom is 0.292 e. The van der Waals surface area contributed by atoms with E-state index >= 15 is 0 Å². The molecule has 0 fully saturated rings. The Morgan fingerprint density at radius 3 is 2.09 bits per heavy atom. The van der Waals surface area contributed by atoms with Gasteiger partial charge in [0.1, 0.15) is 0 Å². The van der Waals surface area contributed by atoms with Crippen LogP contribution in [-0.4, -0.2) is 21.5 Å². The number of hydrogen-bond donors (Lipinski definition) is 1. The van der Waals surface area contributed by atoms with Gasteiger partial charge in [-0.05, 0) is 0 Å². The molecule has 0 saturated heterocycles. The number of nitrogens with zero attached hydrogens (tertiary/aromatic N) is 2. The lowest BCUT2D eigenvalue weighted by Gasteiger charge is -2.08. The van der Waals surface area contributed by atoms with Gasteiger partial charge < -0.3 is 5.32 Å². The summed E-state index contributed by atoms with van der Waals surface area (Å²) >= 11 is 0. The predicted molar refractivity (Wildman–Crippen MR) is 66.9 cm³/mol. The molecule has 2 rings (SSSR count). The molecule has 0 atom stereocenters. The minimum Gasteiger partial charge on any atom is -0.303 e. The highest BCUT2D eigenvalue weighted by Crippen LogP contribution is 2.23. The van der Waals surface area contributed by atoms with Crippen LogP contribution in [0.2, 0.25) is 0 Å². The molecule has 0 aliphatic carbocycles. The molecule has 122 valence electrons. The first kappa shape index (κ1) is 16.6. The smallest absolute Gasteiger partial charge is 0.292 e. The summed E-state index contributed by atoms with van der Waals surface area (Å²) in [5, 5.41) is 5.74. The molecule has 2 aromatic rings. The summed E-state index contributed by atoms with van der Waals surface area (Å²) in [6.45, 7) is 0.253. The number of carbonyl (C=O) groups excluding carboxylic acids is 2. The van der Waals surface area contributed by atoms with Gasteiger partial charge in [0.05, 0.1) is 12.1 Å². The highest BCUT2D eigenvalue weighted by molar-refractivity contribution is 6.39. The van der Waals surface area contributed by atoms with Crippen LogP contribution in [0.25, 0.3) is 0 Å². The number of carbonyl (C=O) groups is 2. The van der Waals surface area contributed by atoms with E-state index in [4.69, 9.17) is 0 Å². The van der Waals surface area contributed by atoms with Crippen molar-refractivity contribution in [2.24, 2.45) is 0 Å². The van der Waals surface area contributed by atoms with E-state index in [1.54, 1.807) is 0 Å². The molecule has 0 saturated carbocycles. The quantitative estimate of drug-likeness (QED) is 0.404. The molecule has 1 amide bonds. The zero-order valence-corrected chi connectivity index (χ0v) is 11.5. The topological polar surface area (TPSA) is 64.0 Å². The fourth-order valence-corrected chi connectivity index (χ4v) is 1.67. The van der Waals surface area contributed by atoms with Gasteiger partial charge in [0.25, 0.3) is 5.91 Å². The second-order valence-electron chi connectivity index (χ2n) is 4.46. The molecule has 0 aliphatic heterocycles. The minimum absolute atomic E-state index is 0.117. The molecule has 10 heteroatoms. The monoisotopic (exact) mass is 333 g/mol. The summed E-state index contributed by atoms with van der Waals surface area (Å²) in [4.78, 5) is 21.9. The lowest BCUT2D eigenvalue weighted by Crippen LogP contribution is -2.20. The average Bonchev–Trinajstić information content (AvgIpc) is 2.94. The Kier molecular flexibility index (Phi) is 4.43. The third-order valence-corrected chi connectivity index (χ3v) is 2.82. The fraction of sp³-hybridized carbons (Fsp3) is 0.154. The highest BCUT2D eigenvalue weighted by atomic mass is 19.2. The van der Waals surface area contributed by atoms with Gasteiger partial charge in [-0.1, -0.05) is 0 Å². The van der Waals surface area contributed by atoms with Crippen molar-refractivity contribution in [1.82, 2.24) is 9.78 Å².